The van der Waals surface area contributed by atoms with Crippen LogP contribution in [0.2, 0.25) is 0 Å². The number of rotatable bonds is 5. The Balaban J connectivity index is 1.79. The molecule has 0 spiro atoms. The van der Waals surface area contributed by atoms with Crippen LogP contribution in [0.4, 0.5) is 0 Å². The molecule has 0 fully saturated rings. The maximum atomic E-state index is 9.82. The van der Waals surface area contributed by atoms with Crippen molar-refractivity contribution in [1.29, 1.82) is 0 Å². The van der Waals surface area contributed by atoms with E-state index in [1.807, 2.05) is 48.7 Å². The molecule has 1 N–H and O–H groups in total. The smallest absolute Gasteiger partial charge is 0.119 e. The first-order chi connectivity index (χ1) is 8.24. The van der Waals surface area contributed by atoms with Crippen molar-refractivity contribution in [3.05, 3.63) is 52.2 Å². The number of aryl methyl sites for hydroxylation is 1. The van der Waals surface area contributed by atoms with E-state index in [1.54, 1.807) is 11.3 Å². The van der Waals surface area contributed by atoms with Gasteiger partial charge in [0.25, 0.3) is 0 Å². The zero-order chi connectivity index (χ0) is 12.1. The van der Waals surface area contributed by atoms with Gasteiger partial charge in [-0.2, -0.15) is 0 Å². The van der Waals surface area contributed by atoms with E-state index in [0.717, 1.165) is 5.75 Å². The van der Waals surface area contributed by atoms with E-state index in [9.17, 15) is 5.11 Å². The maximum Gasteiger partial charge on any atom is 0.119 e. The molecule has 1 aromatic heterocycles. The fraction of sp³-hybridized carbons (Fsp3) is 0.286. The normalized spacial score (nSPS) is 12.4. The summed E-state index contributed by atoms with van der Waals surface area (Å²) in [5.74, 6) is 0.806. The van der Waals surface area contributed by atoms with Crippen LogP contribution in [0.3, 0.4) is 0 Å². The third-order valence-corrected chi connectivity index (χ3v) is 3.38. The molecule has 2 rings (SSSR count). The Morgan fingerprint density at radius 1 is 1.24 bits per heavy atom. The van der Waals surface area contributed by atoms with Crippen LogP contribution in [0.5, 0.6) is 5.75 Å². The molecule has 2 aromatic rings. The van der Waals surface area contributed by atoms with E-state index in [-0.39, 0.29) is 0 Å². The Kier molecular flexibility index (Phi) is 4.18. The monoisotopic (exact) mass is 248 g/mol. The van der Waals surface area contributed by atoms with Crippen LogP contribution in [0.15, 0.2) is 41.8 Å². The first-order valence-electron chi connectivity index (χ1n) is 5.64. The molecular weight excluding hydrogens is 232 g/mol. The third kappa shape index (κ3) is 3.88. The van der Waals surface area contributed by atoms with Gasteiger partial charge in [-0.05, 0) is 30.5 Å². The highest BCUT2D eigenvalue weighted by Crippen LogP contribution is 2.14. The maximum absolute atomic E-state index is 9.82. The van der Waals surface area contributed by atoms with E-state index in [2.05, 4.69) is 0 Å². The Morgan fingerprint density at radius 2 is 2.00 bits per heavy atom. The van der Waals surface area contributed by atoms with Crippen molar-refractivity contribution in [2.75, 3.05) is 6.61 Å². The largest absolute Gasteiger partial charge is 0.491 e. The Morgan fingerprint density at radius 3 is 2.65 bits per heavy atom. The molecule has 0 saturated carbocycles. The summed E-state index contributed by atoms with van der Waals surface area (Å²) in [6, 6.07) is 11.9. The molecule has 1 aromatic carbocycles. The Hall–Kier alpha value is -1.32. The topological polar surface area (TPSA) is 29.5 Å². The zero-order valence-corrected chi connectivity index (χ0v) is 10.6. The standard InChI is InChI=1S/C14H16O2S/c1-11-4-6-13(7-5-11)16-10-12(15)9-14-3-2-8-17-14/h2-8,12,15H,9-10H2,1H3. The summed E-state index contributed by atoms with van der Waals surface area (Å²) in [7, 11) is 0. The number of thiophene rings is 1. The van der Waals surface area contributed by atoms with Gasteiger partial charge in [0.05, 0.1) is 6.10 Å². The molecule has 0 bridgehead atoms. The minimum Gasteiger partial charge on any atom is -0.491 e. The lowest BCUT2D eigenvalue weighted by molar-refractivity contribution is 0.108. The first kappa shape index (κ1) is 12.1. The van der Waals surface area contributed by atoms with Crippen molar-refractivity contribution in [2.24, 2.45) is 0 Å². The first-order valence-corrected chi connectivity index (χ1v) is 6.52. The molecule has 0 aliphatic rings. The molecule has 90 valence electrons. The zero-order valence-electron chi connectivity index (χ0n) is 9.80. The lowest BCUT2D eigenvalue weighted by Crippen LogP contribution is -2.19. The van der Waals surface area contributed by atoms with E-state index >= 15 is 0 Å². The van der Waals surface area contributed by atoms with Crippen molar-refractivity contribution >= 4 is 11.3 Å². The van der Waals surface area contributed by atoms with Gasteiger partial charge in [-0.15, -0.1) is 11.3 Å². The summed E-state index contributed by atoms with van der Waals surface area (Å²) >= 11 is 1.66. The number of hydrogen-bond donors (Lipinski definition) is 1. The summed E-state index contributed by atoms with van der Waals surface area (Å²) in [5, 5.41) is 11.8. The van der Waals surface area contributed by atoms with Crippen LogP contribution < -0.4 is 4.74 Å². The number of hydrogen-bond acceptors (Lipinski definition) is 3. The molecular formula is C14H16O2S. The minimum atomic E-state index is -0.449. The highest BCUT2D eigenvalue weighted by Gasteiger charge is 2.07. The van der Waals surface area contributed by atoms with Gasteiger partial charge in [-0.3, -0.25) is 0 Å². The SMILES string of the molecule is Cc1ccc(OCC(O)Cc2cccs2)cc1. The van der Waals surface area contributed by atoms with E-state index in [1.165, 1.54) is 10.4 Å². The third-order valence-electron chi connectivity index (χ3n) is 2.48. The summed E-state index contributed by atoms with van der Waals surface area (Å²) in [6.07, 6.45) is 0.207. The van der Waals surface area contributed by atoms with Crippen molar-refractivity contribution in [3.8, 4) is 5.75 Å². The number of ether oxygens (including phenoxy) is 1. The molecule has 0 amide bonds. The quantitative estimate of drug-likeness (QED) is 0.881. The second-order valence-corrected chi connectivity index (χ2v) is 5.09. The Labute approximate surface area is 105 Å². The molecule has 1 heterocycles. The van der Waals surface area contributed by atoms with Crippen LogP contribution >= 0.6 is 11.3 Å². The minimum absolute atomic E-state index is 0.334. The average Bonchev–Trinajstić information content (AvgIpc) is 2.81. The predicted molar refractivity (Wildman–Crippen MR) is 70.7 cm³/mol. The second kappa shape index (κ2) is 5.84. The van der Waals surface area contributed by atoms with Gasteiger partial charge in [0, 0.05) is 11.3 Å². The van der Waals surface area contributed by atoms with Crippen molar-refractivity contribution in [3.63, 3.8) is 0 Å². The lowest BCUT2D eigenvalue weighted by Gasteiger charge is -2.11. The summed E-state index contributed by atoms with van der Waals surface area (Å²) < 4.78 is 5.53. The fourth-order valence-electron chi connectivity index (χ4n) is 1.55. The molecule has 0 aliphatic heterocycles. The molecule has 2 nitrogen and oxygen atoms in total. The molecule has 0 aliphatic carbocycles. The van der Waals surface area contributed by atoms with Crippen LogP contribution in [0.1, 0.15) is 10.4 Å². The number of aliphatic hydroxyl groups excluding tert-OH is 1. The summed E-state index contributed by atoms with van der Waals surface area (Å²) in [4.78, 5) is 1.19. The predicted octanol–water partition coefficient (Wildman–Crippen LogP) is 3.04. The second-order valence-electron chi connectivity index (χ2n) is 4.06. The van der Waals surface area contributed by atoms with E-state index in [4.69, 9.17) is 4.74 Å². The van der Waals surface area contributed by atoms with Crippen molar-refractivity contribution in [2.45, 2.75) is 19.4 Å². The lowest BCUT2D eigenvalue weighted by atomic mass is 10.2. The van der Waals surface area contributed by atoms with Gasteiger partial charge in [0.1, 0.15) is 12.4 Å². The van der Waals surface area contributed by atoms with Crippen molar-refractivity contribution < 1.29 is 9.84 Å². The highest BCUT2D eigenvalue weighted by atomic mass is 32.1. The van der Waals surface area contributed by atoms with Crippen LogP contribution in [0.25, 0.3) is 0 Å². The summed E-state index contributed by atoms with van der Waals surface area (Å²) in [5.41, 5.74) is 1.21. The van der Waals surface area contributed by atoms with Crippen molar-refractivity contribution in [1.82, 2.24) is 0 Å². The summed E-state index contributed by atoms with van der Waals surface area (Å²) in [6.45, 7) is 2.37. The van der Waals surface area contributed by atoms with Crippen LogP contribution in [0, 0.1) is 6.92 Å². The van der Waals surface area contributed by atoms with Crippen LogP contribution in [-0.2, 0) is 6.42 Å². The molecule has 3 heteroatoms. The van der Waals surface area contributed by atoms with E-state index < -0.39 is 6.10 Å². The van der Waals surface area contributed by atoms with Gasteiger partial charge in [0.2, 0.25) is 0 Å². The number of benzene rings is 1. The molecule has 1 atom stereocenters. The van der Waals surface area contributed by atoms with Gasteiger partial charge < -0.3 is 9.84 Å². The molecule has 17 heavy (non-hydrogen) atoms. The fourth-order valence-corrected chi connectivity index (χ4v) is 2.32. The molecule has 0 radical (unpaired) electrons. The molecule has 0 saturated heterocycles. The van der Waals surface area contributed by atoms with Gasteiger partial charge >= 0.3 is 0 Å². The van der Waals surface area contributed by atoms with Gasteiger partial charge in [-0.25, -0.2) is 0 Å². The Bertz CT molecular complexity index is 434. The number of aliphatic hydroxyl groups is 1. The highest BCUT2D eigenvalue weighted by molar-refractivity contribution is 7.09. The van der Waals surface area contributed by atoms with Gasteiger partial charge in [0.15, 0.2) is 0 Å². The average molecular weight is 248 g/mol. The van der Waals surface area contributed by atoms with Crippen LogP contribution in [-0.4, -0.2) is 17.8 Å². The van der Waals surface area contributed by atoms with Gasteiger partial charge in [-0.1, -0.05) is 23.8 Å². The molecule has 1 unspecified atom stereocenters. The van der Waals surface area contributed by atoms with E-state index in [0.29, 0.717) is 13.0 Å².